The number of esters is 1. The van der Waals surface area contributed by atoms with Crippen LogP contribution in [0.3, 0.4) is 0 Å². The average Bonchev–Trinajstić information content (AvgIpc) is 3.11. The van der Waals surface area contributed by atoms with Gasteiger partial charge in [-0.25, -0.2) is 9.59 Å². The lowest BCUT2D eigenvalue weighted by Gasteiger charge is -2.31. The Labute approximate surface area is 141 Å². The number of carbonyl (C=O) groups excluding carboxylic acids is 3. The molecular formula is C16H24N2O6. The maximum atomic E-state index is 12.9. The van der Waals surface area contributed by atoms with Gasteiger partial charge in [0.25, 0.3) is 5.91 Å². The standard InChI is InChI=1S/C16H24N2O6/c1-5-23-18(11-9-13(19)22-10-11)14(20)12-7-6-8-17(12)15(21)24-16(2,3)4/h9,12H,5-8,10H2,1-4H3. The number of carbonyl (C=O) groups is 3. The van der Waals surface area contributed by atoms with Crippen molar-refractivity contribution < 1.29 is 28.7 Å². The number of ether oxygens (including phenoxy) is 2. The molecule has 0 spiro atoms. The van der Waals surface area contributed by atoms with Gasteiger partial charge in [0, 0.05) is 12.6 Å². The number of rotatable bonds is 4. The summed E-state index contributed by atoms with van der Waals surface area (Å²) < 4.78 is 10.2. The molecule has 134 valence electrons. The van der Waals surface area contributed by atoms with Gasteiger partial charge in [-0.2, -0.15) is 5.06 Å². The molecule has 1 saturated heterocycles. The molecule has 8 nitrogen and oxygen atoms in total. The van der Waals surface area contributed by atoms with E-state index in [1.165, 1.54) is 11.0 Å². The molecular weight excluding hydrogens is 316 g/mol. The maximum Gasteiger partial charge on any atom is 0.410 e. The number of cyclic esters (lactones) is 1. The van der Waals surface area contributed by atoms with E-state index in [-0.39, 0.29) is 13.2 Å². The lowest BCUT2D eigenvalue weighted by atomic mass is 10.2. The number of hydroxylamine groups is 2. The zero-order valence-corrected chi connectivity index (χ0v) is 14.5. The van der Waals surface area contributed by atoms with Gasteiger partial charge in [-0.1, -0.05) is 0 Å². The van der Waals surface area contributed by atoms with E-state index < -0.39 is 29.6 Å². The van der Waals surface area contributed by atoms with Crippen LogP contribution in [0.25, 0.3) is 0 Å². The van der Waals surface area contributed by atoms with E-state index in [2.05, 4.69) is 0 Å². The maximum absolute atomic E-state index is 12.9. The molecule has 0 aromatic rings. The predicted octanol–water partition coefficient (Wildman–Crippen LogP) is 1.61. The zero-order valence-electron chi connectivity index (χ0n) is 14.5. The molecule has 2 rings (SSSR count). The summed E-state index contributed by atoms with van der Waals surface area (Å²) in [5.41, 5.74) is -0.302. The molecule has 0 aromatic carbocycles. The Kier molecular flexibility index (Phi) is 5.48. The van der Waals surface area contributed by atoms with Crippen molar-refractivity contribution in [2.45, 2.75) is 52.2 Å². The highest BCUT2D eigenvalue weighted by molar-refractivity contribution is 5.90. The fourth-order valence-electron chi connectivity index (χ4n) is 2.60. The molecule has 0 radical (unpaired) electrons. The third-order valence-corrected chi connectivity index (χ3v) is 3.53. The van der Waals surface area contributed by atoms with Crippen molar-refractivity contribution in [2.75, 3.05) is 19.8 Å². The molecule has 0 aromatic heterocycles. The van der Waals surface area contributed by atoms with Gasteiger partial charge in [-0.05, 0) is 40.5 Å². The van der Waals surface area contributed by atoms with E-state index in [1.807, 2.05) is 0 Å². The number of hydrogen-bond acceptors (Lipinski definition) is 6. The van der Waals surface area contributed by atoms with Gasteiger partial charge < -0.3 is 9.47 Å². The SMILES string of the molecule is CCON(C(=O)C1CCCN1C(=O)OC(C)(C)C)C1=CC(=O)OC1. The van der Waals surface area contributed by atoms with Gasteiger partial charge in [0.2, 0.25) is 0 Å². The molecule has 2 aliphatic rings. The van der Waals surface area contributed by atoms with E-state index in [9.17, 15) is 14.4 Å². The van der Waals surface area contributed by atoms with E-state index in [0.29, 0.717) is 25.1 Å². The Morgan fingerprint density at radius 3 is 2.67 bits per heavy atom. The van der Waals surface area contributed by atoms with Crippen molar-refractivity contribution in [3.63, 3.8) is 0 Å². The smallest absolute Gasteiger partial charge is 0.410 e. The normalized spacial score (nSPS) is 20.7. The van der Waals surface area contributed by atoms with Gasteiger partial charge in [0.15, 0.2) is 0 Å². The Morgan fingerprint density at radius 1 is 1.42 bits per heavy atom. The van der Waals surface area contributed by atoms with E-state index in [4.69, 9.17) is 14.3 Å². The van der Waals surface area contributed by atoms with Gasteiger partial charge in [-0.3, -0.25) is 14.5 Å². The summed E-state index contributed by atoms with van der Waals surface area (Å²) in [6, 6.07) is -0.678. The van der Waals surface area contributed by atoms with Gasteiger partial charge in [-0.15, -0.1) is 0 Å². The summed E-state index contributed by atoms with van der Waals surface area (Å²) in [7, 11) is 0. The molecule has 8 heteroatoms. The van der Waals surface area contributed by atoms with E-state index in [0.717, 1.165) is 5.06 Å². The van der Waals surface area contributed by atoms with Crippen molar-refractivity contribution in [3.8, 4) is 0 Å². The van der Waals surface area contributed by atoms with E-state index >= 15 is 0 Å². The third kappa shape index (κ3) is 4.25. The minimum atomic E-state index is -0.678. The lowest BCUT2D eigenvalue weighted by Crippen LogP contribution is -2.49. The summed E-state index contributed by atoms with van der Waals surface area (Å²) in [6.45, 7) is 7.72. The van der Waals surface area contributed by atoms with E-state index in [1.54, 1.807) is 27.7 Å². The molecule has 2 amide bonds. The van der Waals surface area contributed by atoms with Crippen LogP contribution < -0.4 is 0 Å². The van der Waals surface area contributed by atoms with Gasteiger partial charge in [0.1, 0.15) is 18.2 Å². The minimum Gasteiger partial charge on any atom is -0.456 e. The second-order valence-corrected chi connectivity index (χ2v) is 6.63. The number of amides is 2. The molecule has 2 aliphatic heterocycles. The fourth-order valence-corrected chi connectivity index (χ4v) is 2.60. The largest absolute Gasteiger partial charge is 0.456 e. The first-order valence-corrected chi connectivity index (χ1v) is 8.06. The molecule has 24 heavy (non-hydrogen) atoms. The van der Waals surface area contributed by atoms with Crippen LogP contribution in [0.1, 0.15) is 40.5 Å². The van der Waals surface area contributed by atoms with Gasteiger partial charge in [0.05, 0.1) is 12.3 Å². The van der Waals surface area contributed by atoms with Crippen LogP contribution >= 0.6 is 0 Å². The number of hydrogen-bond donors (Lipinski definition) is 0. The Hall–Kier alpha value is -2.09. The minimum absolute atomic E-state index is 0.0241. The first-order chi connectivity index (χ1) is 11.2. The lowest BCUT2D eigenvalue weighted by molar-refractivity contribution is -0.179. The number of likely N-dealkylation sites (tertiary alicyclic amines) is 1. The van der Waals surface area contributed by atoms with Crippen LogP contribution in [-0.2, 0) is 23.9 Å². The number of nitrogens with zero attached hydrogens (tertiary/aromatic N) is 2. The Bertz CT molecular complexity index is 551. The summed E-state index contributed by atoms with van der Waals surface area (Å²) in [4.78, 5) is 43.2. The molecule has 0 saturated carbocycles. The third-order valence-electron chi connectivity index (χ3n) is 3.53. The highest BCUT2D eigenvalue weighted by Gasteiger charge is 2.40. The molecule has 0 bridgehead atoms. The quantitative estimate of drug-likeness (QED) is 0.571. The van der Waals surface area contributed by atoms with Crippen LogP contribution in [0.4, 0.5) is 4.79 Å². The first-order valence-electron chi connectivity index (χ1n) is 8.06. The van der Waals surface area contributed by atoms with Crippen molar-refractivity contribution in [1.82, 2.24) is 9.96 Å². The molecule has 1 fully saturated rings. The highest BCUT2D eigenvalue weighted by Crippen LogP contribution is 2.25. The Balaban J connectivity index is 2.14. The summed E-state index contributed by atoms with van der Waals surface area (Å²) in [5, 5.41) is 1.07. The van der Waals surface area contributed by atoms with Crippen LogP contribution in [0.5, 0.6) is 0 Å². The Morgan fingerprint density at radius 2 is 2.12 bits per heavy atom. The molecule has 2 heterocycles. The van der Waals surface area contributed by atoms with Crippen LogP contribution in [0.15, 0.2) is 11.8 Å². The highest BCUT2D eigenvalue weighted by atomic mass is 16.7. The summed E-state index contributed by atoms with van der Waals surface area (Å²) >= 11 is 0. The van der Waals surface area contributed by atoms with Crippen molar-refractivity contribution in [3.05, 3.63) is 11.8 Å². The van der Waals surface area contributed by atoms with Crippen LogP contribution in [0, 0.1) is 0 Å². The van der Waals surface area contributed by atoms with Crippen molar-refractivity contribution in [2.24, 2.45) is 0 Å². The monoisotopic (exact) mass is 340 g/mol. The van der Waals surface area contributed by atoms with Crippen LogP contribution in [0.2, 0.25) is 0 Å². The average molecular weight is 340 g/mol. The summed E-state index contributed by atoms with van der Waals surface area (Å²) in [5.74, 6) is -0.914. The van der Waals surface area contributed by atoms with Crippen molar-refractivity contribution >= 4 is 18.0 Å². The molecule has 1 atom stereocenters. The summed E-state index contributed by atoms with van der Waals surface area (Å²) in [6.07, 6.45) is 1.91. The van der Waals surface area contributed by atoms with Crippen LogP contribution in [-0.4, -0.2) is 59.3 Å². The first kappa shape index (κ1) is 18.3. The molecule has 0 N–H and O–H groups in total. The van der Waals surface area contributed by atoms with Crippen molar-refractivity contribution in [1.29, 1.82) is 0 Å². The fraction of sp³-hybridized carbons (Fsp3) is 0.688. The second kappa shape index (κ2) is 7.21. The molecule has 1 unspecified atom stereocenters. The molecule has 0 aliphatic carbocycles. The topological polar surface area (TPSA) is 85.4 Å². The zero-order chi connectivity index (χ0) is 17.9. The second-order valence-electron chi connectivity index (χ2n) is 6.63. The predicted molar refractivity (Wildman–Crippen MR) is 83.5 cm³/mol. The van der Waals surface area contributed by atoms with Gasteiger partial charge >= 0.3 is 12.1 Å².